The van der Waals surface area contributed by atoms with Crippen LogP contribution in [0.15, 0.2) is 27.7 Å². The van der Waals surface area contributed by atoms with E-state index in [9.17, 15) is 0 Å². The number of nitrogens with zero attached hydrogens (tertiary/aromatic N) is 2. The zero-order valence-electron chi connectivity index (χ0n) is 18.7. The highest BCUT2D eigenvalue weighted by Crippen LogP contribution is 2.27. The lowest BCUT2D eigenvalue weighted by Gasteiger charge is -2.19. The van der Waals surface area contributed by atoms with Crippen molar-refractivity contribution >= 4 is 29.9 Å². The van der Waals surface area contributed by atoms with Crippen molar-refractivity contribution in [2.24, 2.45) is 4.99 Å². The van der Waals surface area contributed by atoms with Gasteiger partial charge in [0.05, 0.1) is 11.8 Å². The second-order valence-electron chi connectivity index (χ2n) is 8.08. The maximum absolute atomic E-state index is 6.31. The number of hydrogen-bond acceptors (Lipinski definition) is 4. The highest BCUT2D eigenvalue weighted by molar-refractivity contribution is 14.0. The Morgan fingerprint density at radius 3 is 2.60 bits per heavy atom. The van der Waals surface area contributed by atoms with Crippen LogP contribution < -0.4 is 15.4 Å². The molecule has 3 rings (SSSR count). The number of ether oxygens (including phenoxy) is 1. The van der Waals surface area contributed by atoms with Crippen molar-refractivity contribution in [1.29, 1.82) is 0 Å². The third kappa shape index (κ3) is 6.36. The second kappa shape index (κ2) is 11.6. The lowest BCUT2D eigenvalue weighted by atomic mass is 10.00. The normalized spacial score (nSPS) is 15.6. The van der Waals surface area contributed by atoms with E-state index in [2.05, 4.69) is 52.8 Å². The van der Waals surface area contributed by atoms with E-state index in [0.717, 1.165) is 48.1 Å². The molecule has 1 unspecified atom stereocenters. The van der Waals surface area contributed by atoms with E-state index in [1.165, 1.54) is 24.0 Å². The van der Waals surface area contributed by atoms with Crippen molar-refractivity contribution < 1.29 is 9.26 Å². The lowest BCUT2D eigenvalue weighted by molar-refractivity contribution is 0.207. The van der Waals surface area contributed by atoms with Gasteiger partial charge in [-0.15, -0.1) is 24.0 Å². The number of benzene rings is 1. The molecule has 0 saturated heterocycles. The van der Waals surface area contributed by atoms with E-state index < -0.39 is 0 Å². The summed E-state index contributed by atoms with van der Waals surface area (Å²) in [6.07, 6.45) is 5.20. The molecule has 0 radical (unpaired) electrons. The molecule has 2 aromatic rings. The Morgan fingerprint density at radius 2 is 1.97 bits per heavy atom. The fourth-order valence-corrected chi connectivity index (χ4v) is 4.05. The maximum Gasteiger partial charge on any atom is 0.191 e. The van der Waals surface area contributed by atoms with E-state index in [4.69, 9.17) is 9.26 Å². The quantitative estimate of drug-likeness (QED) is 0.302. The van der Waals surface area contributed by atoms with Gasteiger partial charge in [0.2, 0.25) is 0 Å². The van der Waals surface area contributed by atoms with Crippen molar-refractivity contribution in [2.75, 3.05) is 13.6 Å². The van der Waals surface area contributed by atoms with Crippen LogP contribution in [0.5, 0.6) is 5.75 Å². The molecule has 0 spiro atoms. The number of aromatic nitrogens is 1. The average molecular weight is 526 g/mol. The summed E-state index contributed by atoms with van der Waals surface area (Å²) in [6, 6.07) is 6.42. The Hall–Kier alpha value is -1.77. The van der Waals surface area contributed by atoms with E-state index in [1.54, 1.807) is 7.05 Å². The number of halogens is 1. The predicted octanol–water partition coefficient (Wildman–Crippen LogP) is 5.01. The topological polar surface area (TPSA) is 71.7 Å². The van der Waals surface area contributed by atoms with Gasteiger partial charge in [-0.2, -0.15) is 0 Å². The van der Waals surface area contributed by atoms with Crippen molar-refractivity contribution in [2.45, 2.75) is 71.9 Å². The van der Waals surface area contributed by atoms with Gasteiger partial charge in [0.25, 0.3) is 0 Å². The molecule has 1 heterocycles. The molecule has 166 valence electrons. The molecular weight excluding hydrogens is 491 g/mol. The Balaban J connectivity index is 0.00000320. The number of rotatable bonds is 7. The van der Waals surface area contributed by atoms with E-state index in [1.807, 2.05) is 13.8 Å². The molecule has 6 nitrogen and oxygen atoms in total. The molecule has 1 aromatic heterocycles. The van der Waals surface area contributed by atoms with Gasteiger partial charge in [0.15, 0.2) is 5.96 Å². The summed E-state index contributed by atoms with van der Waals surface area (Å²) in [4.78, 5) is 4.37. The van der Waals surface area contributed by atoms with Gasteiger partial charge in [-0.25, -0.2) is 0 Å². The van der Waals surface area contributed by atoms with Gasteiger partial charge in [-0.3, -0.25) is 4.99 Å². The van der Waals surface area contributed by atoms with Crippen LogP contribution in [-0.4, -0.2) is 30.8 Å². The second-order valence-corrected chi connectivity index (χ2v) is 8.08. The van der Waals surface area contributed by atoms with Gasteiger partial charge in [0.1, 0.15) is 11.5 Å². The minimum Gasteiger partial charge on any atom is -0.490 e. The molecule has 2 N–H and O–H groups in total. The first-order valence-corrected chi connectivity index (χ1v) is 10.6. The van der Waals surface area contributed by atoms with E-state index in [0.29, 0.717) is 12.6 Å². The van der Waals surface area contributed by atoms with Crippen LogP contribution in [-0.2, 0) is 6.54 Å². The Labute approximate surface area is 197 Å². The zero-order valence-corrected chi connectivity index (χ0v) is 21.1. The number of aliphatic imine (C=N–C) groups is 1. The molecule has 0 amide bonds. The first-order chi connectivity index (χ1) is 14.0. The van der Waals surface area contributed by atoms with Crippen molar-refractivity contribution in [3.8, 4) is 5.75 Å². The van der Waals surface area contributed by atoms with Crippen LogP contribution in [0.1, 0.15) is 66.7 Å². The summed E-state index contributed by atoms with van der Waals surface area (Å²) >= 11 is 0. The summed E-state index contributed by atoms with van der Waals surface area (Å²) in [5.74, 6) is 2.92. The molecule has 7 heteroatoms. The van der Waals surface area contributed by atoms with Crippen LogP contribution in [0.4, 0.5) is 0 Å². The van der Waals surface area contributed by atoms with Crippen molar-refractivity contribution in [3.05, 3.63) is 46.3 Å². The molecule has 1 aliphatic rings. The smallest absolute Gasteiger partial charge is 0.191 e. The number of hydrogen-bond donors (Lipinski definition) is 2. The first kappa shape index (κ1) is 24.5. The standard InChI is InChI=1S/C23H34N4O2.HI/c1-15-10-11-19(21(12-15)28-20-8-6-7-9-20)14-26-23(24-5)25-13-16(2)22-17(3)27-29-18(22)4;/h10-12,16,20H,6-9,13-14H2,1-5H3,(H2,24,25,26);1H. The molecule has 1 aromatic carbocycles. The van der Waals surface area contributed by atoms with Crippen LogP contribution in [0, 0.1) is 20.8 Å². The Bertz CT molecular complexity index is 824. The average Bonchev–Trinajstić information content (AvgIpc) is 3.32. The maximum atomic E-state index is 6.31. The van der Waals surface area contributed by atoms with Crippen LogP contribution in [0.3, 0.4) is 0 Å². The minimum atomic E-state index is 0. The minimum absolute atomic E-state index is 0. The van der Waals surface area contributed by atoms with Gasteiger partial charge in [-0.05, 0) is 58.1 Å². The molecular formula is C23H35IN4O2. The zero-order chi connectivity index (χ0) is 20.8. The molecule has 1 atom stereocenters. The number of guanidine groups is 1. The summed E-state index contributed by atoms with van der Waals surface area (Å²) < 4.78 is 11.6. The van der Waals surface area contributed by atoms with Crippen LogP contribution in [0.2, 0.25) is 0 Å². The Kier molecular flexibility index (Phi) is 9.45. The number of nitrogens with one attached hydrogen (secondary N) is 2. The van der Waals surface area contributed by atoms with Gasteiger partial charge >= 0.3 is 0 Å². The van der Waals surface area contributed by atoms with Crippen molar-refractivity contribution in [1.82, 2.24) is 15.8 Å². The largest absolute Gasteiger partial charge is 0.490 e. The first-order valence-electron chi connectivity index (χ1n) is 10.6. The predicted molar refractivity (Wildman–Crippen MR) is 132 cm³/mol. The fraction of sp³-hybridized carbons (Fsp3) is 0.565. The highest BCUT2D eigenvalue weighted by Gasteiger charge is 2.19. The molecule has 0 bridgehead atoms. The third-order valence-corrected chi connectivity index (χ3v) is 5.65. The van der Waals surface area contributed by atoms with Gasteiger partial charge < -0.3 is 19.9 Å². The molecule has 1 aliphatic carbocycles. The summed E-state index contributed by atoms with van der Waals surface area (Å²) in [5, 5.41) is 10.9. The SMILES string of the molecule is CN=C(NCc1ccc(C)cc1OC1CCCC1)NCC(C)c1c(C)noc1C.I. The van der Waals surface area contributed by atoms with Gasteiger partial charge in [0, 0.05) is 37.2 Å². The van der Waals surface area contributed by atoms with Gasteiger partial charge in [-0.1, -0.05) is 24.2 Å². The number of aryl methyl sites for hydroxylation is 3. The van der Waals surface area contributed by atoms with Crippen molar-refractivity contribution in [3.63, 3.8) is 0 Å². The third-order valence-electron chi connectivity index (χ3n) is 5.65. The Morgan fingerprint density at radius 1 is 1.23 bits per heavy atom. The fourth-order valence-electron chi connectivity index (χ4n) is 4.05. The summed E-state index contributed by atoms with van der Waals surface area (Å²) in [6.45, 7) is 9.64. The molecule has 1 saturated carbocycles. The lowest BCUT2D eigenvalue weighted by Crippen LogP contribution is -2.38. The molecule has 30 heavy (non-hydrogen) atoms. The molecule has 1 fully saturated rings. The highest BCUT2D eigenvalue weighted by atomic mass is 127. The summed E-state index contributed by atoms with van der Waals surface area (Å²) in [5.41, 5.74) is 4.49. The van der Waals surface area contributed by atoms with E-state index in [-0.39, 0.29) is 29.9 Å². The summed E-state index contributed by atoms with van der Waals surface area (Å²) in [7, 11) is 1.79. The van der Waals surface area contributed by atoms with Crippen LogP contribution >= 0.6 is 24.0 Å². The molecule has 0 aliphatic heterocycles. The monoisotopic (exact) mass is 526 g/mol. The van der Waals surface area contributed by atoms with E-state index >= 15 is 0 Å². The van der Waals surface area contributed by atoms with Crippen LogP contribution in [0.25, 0.3) is 0 Å².